The zero-order valence-electron chi connectivity index (χ0n) is 12.7. The Kier molecular flexibility index (Phi) is 4.19. The SMILES string of the molecule is Fc1cccc(N2NC(C=Cc3cccs3)=C[C@@H]2c2cccs2)c1. The zero-order valence-corrected chi connectivity index (χ0v) is 14.4. The molecule has 1 aliphatic heterocycles. The molecule has 0 amide bonds. The third kappa shape index (κ3) is 3.13. The fourth-order valence-corrected chi connectivity index (χ4v) is 4.06. The molecule has 24 heavy (non-hydrogen) atoms. The van der Waals surface area contributed by atoms with Crippen molar-refractivity contribution in [1.82, 2.24) is 5.43 Å². The molecule has 3 heterocycles. The van der Waals surface area contributed by atoms with Crippen molar-refractivity contribution < 1.29 is 4.39 Å². The molecule has 1 N–H and O–H groups in total. The predicted molar refractivity (Wildman–Crippen MR) is 101 cm³/mol. The highest BCUT2D eigenvalue weighted by molar-refractivity contribution is 7.10. The molecule has 0 saturated heterocycles. The van der Waals surface area contributed by atoms with Gasteiger partial charge in [0.25, 0.3) is 0 Å². The summed E-state index contributed by atoms with van der Waals surface area (Å²) in [5.41, 5.74) is 5.20. The van der Waals surface area contributed by atoms with Gasteiger partial charge in [0.2, 0.25) is 0 Å². The summed E-state index contributed by atoms with van der Waals surface area (Å²) in [6.07, 6.45) is 6.32. The second-order valence-electron chi connectivity index (χ2n) is 5.39. The summed E-state index contributed by atoms with van der Waals surface area (Å²) in [5, 5.41) is 6.12. The molecule has 3 aromatic rings. The molecule has 0 fully saturated rings. The first-order valence-corrected chi connectivity index (χ1v) is 9.34. The van der Waals surface area contributed by atoms with Crippen LogP contribution in [0.1, 0.15) is 15.8 Å². The summed E-state index contributed by atoms with van der Waals surface area (Å²) in [4.78, 5) is 2.42. The van der Waals surface area contributed by atoms with E-state index in [0.29, 0.717) is 0 Å². The van der Waals surface area contributed by atoms with Crippen LogP contribution in [0.15, 0.2) is 77.1 Å². The minimum absolute atomic E-state index is 0.0507. The van der Waals surface area contributed by atoms with Gasteiger partial charge in [-0.2, -0.15) is 0 Å². The second-order valence-corrected chi connectivity index (χ2v) is 7.35. The molecular formula is C19H15FN2S2. The first kappa shape index (κ1) is 15.2. The van der Waals surface area contributed by atoms with Crippen molar-refractivity contribution >= 4 is 34.4 Å². The molecule has 0 spiro atoms. The molecule has 0 radical (unpaired) electrons. The first-order chi connectivity index (χ1) is 11.8. The van der Waals surface area contributed by atoms with Crippen molar-refractivity contribution in [3.63, 3.8) is 0 Å². The van der Waals surface area contributed by atoms with E-state index >= 15 is 0 Å². The van der Waals surface area contributed by atoms with E-state index in [1.807, 2.05) is 23.2 Å². The number of nitrogens with one attached hydrogen (secondary N) is 1. The Morgan fingerprint density at radius 1 is 1.00 bits per heavy atom. The number of hydrazine groups is 1. The molecule has 1 atom stereocenters. The molecule has 2 aromatic heterocycles. The van der Waals surface area contributed by atoms with E-state index in [4.69, 9.17) is 0 Å². The lowest BCUT2D eigenvalue weighted by Crippen LogP contribution is -2.33. The highest BCUT2D eigenvalue weighted by atomic mass is 32.1. The fourth-order valence-electron chi connectivity index (χ4n) is 2.66. The summed E-state index contributed by atoms with van der Waals surface area (Å²) in [5.74, 6) is -0.234. The molecule has 0 aliphatic carbocycles. The summed E-state index contributed by atoms with van der Waals surface area (Å²) in [6.45, 7) is 0. The maximum absolute atomic E-state index is 13.6. The normalized spacial score (nSPS) is 17.3. The van der Waals surface area contributed by atoms with Crippen LogP contribution < -0.4 is 10.4 Å². The highest BCUT2D eigenvalue weighted by Crippen LogP contribution is 2.34. The molecule has 5 heteroatoms. The average Bonchev–Trinajstić information content (AvgIpc) is 3.33. The van der Waals surface area contributed by atoms with Gasteiger partial charge >= 0.3 is 0 Å². The van der Waals surface area contributed by atoms with Crippen molar-refractivity contribution in [2.45, 2.75) is 6.04 Å². The number of thiophene rings is 2. The average molecular weight is 354 g/mol. The molecule has 2 nitrogen and oxygen atoms in total. The lowest BCUT2D eigenvalue weighted by Gasteiger charge is -2.26. The van der Waals surface area contributed by atoms with Gasteiger partial charge in [-0.05, 0) is 59.3 Å². The van der Waals surface area contributed by atoms with Crippen LogP contribution in [-0.4, -0.2) is 0 Å². The van der Waals surface area contributed by atoms with E-state index in [1.165, 1.54) is 15.8 Å². The van der Waals surface area contributed by atoms with Crippen LogP contribution >= 0.6 is 22.7 Å². The van der Waals surface area contributed by atoms with Crippen LogP contribution in [-0.2, 0) is 0 Å². The maximum Gasteiger partial charge on any atom is 0.125 e. The molecule has 4 rings (SSSR count). The number of benzene rings is 1. The van der Waals surface area contributed by atoms with Crippen LogP contribution in [0, 0.1) is 5.82 Å². The minimum Gasteiger partial charge on any atom is -0.298 e. The third-order valence-corrected chi connectivity index (χ3v) is 5.54. The minimum atomic E-state index is -0.234. The fraction of sp³-hybridized carbons (Fsp3) is 0.0526. The van der Waals surface area contributed by atoms with Crippen LogP contribution in [0.5, 0.6) is 0 Å². The Morgan fingerprint density at radius 2 is 1.88 bits per heavy atom. The Bertz CT molecular complexity index is 867. The maximum atomic E-state index is 13.6. The Hall–Kier alpha value is -2.37. The lowest BCUT2D eigenvalue weighted by molar-refractivity contribution is 0.623. The van der Waals surface area contributed by atoms with Gasteiger partial charge in [-0.25, -0.2) is 4.39 Å². The zero-order chi connectivity index (χ0) is 16.4. The van der Waals surface area contributed by atoms with Gasteiger partial charge in [0.15, 0.2) is 0 Å². The van der Waals surface area contributed by atoms with Crippen LogP contribution in [0.25, 0.3) is 6.08 Å². The Balaban J connectivity index is 1.65. The van der Waals surface area contributed by atoms with E-state index in [9.17, 15) is 4.39 Å². The lowest BCUT2D eigenvalue weighted by atomic mass is 10.2. The van der Waals surface area contributed by atoms with E-state index in [0.717, 1.165) is 11.4 Å². The first-order valence-electron chi connectivity index (χ1n) is 7.58. The van der Waals surface area contributed by atoms with Gasteiger partial charge in [0.05, 0.1) is 11.4 Å². The molecule has 0 unspecified atom stereocenters. The quantitative estimate of drug-likeness (QED) is 0.655. The number of halogens is 1. The number of hydrogen-bond acceptors (Lipinski definition) is 4. The molecular weight excluding hydrogens is 339 g/mol. The summed E-state index contributed by atoms with van der Waals surface area (Å²) < 4.78 is 13.6. The molecule has 0 saturated carbocycles. The highest BCUT2D eigenvalue weighted by Gasteiger charge is 2.26. The van der Waals surface area contributed by atoms with Crippen molar-refractivity contribution in [3.05, 3.63) is 92.7 Å². The van der Waals surface area contributed by atoms with Gasteiger partial charge in [0.1, 0.15) is 11.9 Å². The van der Waals surface area contributed by atoms with Crippen LogP contribution in [0.2, 0.25) is 0 Å². The van der Waals surface area contributed by atoms with Gasteiger partial charge in [-0.3, -0.25) is 10.4 Å². The van der Waals surface area contributed by atoms with E-state index in [2.05, 4.69) is 46.5 Å². The van der Waals surface area contributed by atoms with Crippen molar-refractivity contribution in [1.29, 1.82) is 0 Å². The van der Waals surface area contributed by atoms with Crippen molar-refractivity contribution in [3.8, 4) is 0 Å². The van der Waals surface area contributed by atoms with Gasteiger partial charge < -0.3 is 0 Å². The van der Waals surface area contributed by atoms with E-state index in [-0.39, 0.29) is 11.9 Å². The van der Waals surface area contributed by atoms with Crippen LogP contribution in [0.4, 0.5) is 10.1 Å². The van der Waals surface area contributed by atoms with Crippen LogP contribution in [0.3, 0.4) is 0 Å². The van der Waals surface area contributed by atoms with Crippen molar-refractivity contribution in [2.75, 3.05) is 5.01 Å². The van der Waals surface area contributed by atoms with E-state index in [1.54, 1.807) is 34.8 Å². The number of allylic oxidation sites excluding steroid dienone is 1. The van der Waals surface area contributed by atoms with E-state index < -0.39 is 0 Å². The molecule has 120 valence electrons. The number of hydrogen-bond donors (Lipinski definition) is 1. The number of anilines is 1. The number of nitrogens with zero attached hydrogens (tertiary/aromatic N) is 1. The number of rotatable bonds is 4. The van der Waals surface area contributed by atoms with Gasteiger partial charge in [-0.15, -0.1) is 22.7 Å². The second kappa shape index (κ2) is 6.63. The summed E-state index contributed by atoms with van der Waals surface area (Å²) >= 11 is 3.40. The topological polar surface area (TPSA) is 15.3 Å². The monoisotopic (exact) mass is 354 g/mol. The summed E-state index contributed by atoms with van der Waals surface area (Å²) in [6, 6.07) is 15.0. The predicted octanol–water partition coefficient (Wildman–Crippen LogP) is 5.61. The summed E-state index contributed by atoms with van der Waals surface area (Å²) in [7, 11) is 0. The smallest absolute Gasteiger partial charge is 0.125 e. The standard InChI is InChI=1S/C19H15FN2S2/c20-14-4-1-5-16(12-14)22-18(19-7-3-11-24-19)13-15(21-22)8-9-17-6-2-10-23-17/h1-13,18,21H/t18-/m1/s1. The van der Waals surface area contributed by atoms with Gasteiger partial charge in [-0.1, -0.05) is 18.2 Å². The Labute approximate surface area is 148 Å². The van der Waals surface area contributed by atoms with Gasteiger partial charge in [0, 0.05) is 9.75 Å². The molecule has 0 bridgehead atoms. The largest absolute Gasteiger partial charge is 0.298 e. The molecule has 1 aromatic carbocycles. The molecule has 1 aliphatic rings. The Morgan fingerprint density at radius 3 is 2.62 bits per heavy atom. The third-order valence-electron chi connectivity index (χ3n) is 3.76. The van der Waals surface area contributed by atoms with Crippen molar-refractivity contribution in [2.24, 2.45) is 0 Å².